The van der Waals surface area contributed by atoms with E-state index < -0.39 is 0 Å². The quantitative estimate of drug-likeness (QED) is 0.925. The van der Waals surface area contributed by atoms with Crippen LogP contribution in [0.4, 0.5) is 0 Å². The fourth-order valence-corrected chi connectivity index (χ4v) is 2.08. The van der Waals surface area contributed by atoms with E-state index in [0.29, 0.717) is 11.1 Å². The van der Waals surface area contributed by atoms with Gasteiger partial charge in [0.1, 0.15) is 0 Å². The van der Waals surface area contributed by atoms with Crippen molar-refractivity contribution < 1.29 is 0 Å². The highest BCUT2D eigenvalue weighted by atomic mass is 35.5. The van der Waals surface area contributed by atoms with Gasteiger partial charge in [-0.15, -0.1) is 0 Å². The van der Waals surface area contributed by atoms with Crippen molar-refractivity contribution in [3.63, 3.8) is 0 Å². The van der Waals surface area contributed by atoms with Crippen LogP contribution in [0.5, 0.6) is 0 Å². The summed E-state index contributed by atoms with van der Waals surface area (Å²) < 4.78 is 1.74. The fraction of sp³-hybridized carbons (Fsp3) is 0.357. The molecule has 0 bridgehead atoms. The summed E-state index contributed by atoms with van der Waals surface area (Å²) in [4.78, 5) is 0. The van der Waals surface area contributed by atoms with E-state index in [4.69, 9.17) is 23.2 Å². The molecule has 0 amide bonds. The molecule has 0 saturated carbocycles. The van der Waals surface area contributed by atoms with E-state index in [1.54, 1.807) is 10.9 Å². The summed E-state index contributed by atoms with van der Waals surface area (Å²) in [6.45, 7) is 6.85. The first kappa shape index (κ1) is 14.4. The molecule has 0 saturated heterocycles. The van der Waals surface area contributed by atoms with Crippen LogP contribution in [0.1, 0.15) is 25.1 Å². The zero-order valence-corrected chi connectivity index (χ0v) is 12.8. The van der Waals surface area contributed by atoms with E-state index in [0.717, 1.165) is 28.5 Å². The monoisotopic (exact) mass is 297 g/mol. The second-order valence-electron chi connectivity index (χ2n) is 4.82. The topological polar surface area (TPSA) is 29.9 Å². The SMILES string of the molecule is Cc1nn(-c2ccc(CNC(C)C)c(Cl)c2)cc1Cl. The van der Waals surface area contributed by atoms with Gasteiger partial charge in [-0.3, -0.25) is 0 Å². The average Bonchev–Trinajstić information content (AvgIpc) is 2.68. The second-order valence-corrected chi connectivity index (χ2v) is 5.63. The third-order valence-electron chi connectivity index (χ3n) is 2.84. The predicted molar refractivity (Wildman–Crippen MR) is 80.3 cm³/mol. The average molecular weight is 298 g/mol. The summed E-state index contributed by atoms with van der Waals surface area (Å²) >= 11 is 12.3. The first-order valence-electron chi connectivity index (χ1n) is 6.21. The molecular formula is C14H17Cl2N3. The number of hydrogen-bond acceptors (Lipinski definition) is 2. The second kappa shape index (κ2) is 5.95. The molecule has 19 heavy (non-hydrogen) atoms. The number of aromatic nitrogens is 2. The summed E-state index contributed by atoms with van der Waals surface area (Å²) in [5.41, 5.74) is 2.80. The molecule has 0 aliphatic heterocycles. The minimum atomic E-state index is 0.434. The fourth-order valence-electron chi connectivity index (χ4n) is 1.71. The van der Waals surface area contributed by atoms with Crippen LogP contribution in [0.3, 0.4) is 0 Å². The molecule has 1 aromatic carbocycles. The number of benzene rings is 1. The van der Waals surface area contributed by atoms with Gasteiger partial charge in [0.25, 0.3) is 0 Å². The Labute approximate surface area is 123 Å². The minimum Gasteiger partial charge on any atom is -0.310 e. The Hall–Kier alpha value is -1.03. The molecule has 0 aliphatic rings. The van der Waals surface area contributed by atoms with Crippen LogP contribution in [0.25, 0.3) is 5.69 Å². The molecular weight excluding hydrogens is 281 g/mol. The molecule has 2 rings (SSSR count). The summed E-state index contributed by atoms with van der Waals surface area (Å²) in [5.74, 6) is 0. The molecule has 0 radical (unpaired) electrons. The Bertz CT molecular complexity index is 557. The molecule has 1 N–H and O–H groups in total. The van der Waals surface area contributed by atoms with E-state index in [2.05, 4.69) is 24.3 Å². The van der Waals surface area contributed by atoms with E-state index in [9.17, 15) is 0 Å². The molecule has 2 aromatic rings. The van der Waals surface area contributed by atoms with Gasteiger partial charge < -0.3 is 5.32 Å². The van der Waals surface area contributed by atoms with Crippen molar-refractivity contribution in [3.05, 3.63) is 45.7 Å². The standard InChI is InChI=1S/C14H17Cl2N3/c1-9(2)17-7-11-4-5-12(6-13(11)15)19-8-14(16)10(3)18-19/h4-6,8-9,17H,7H2,1-3H3. The molecule has 0 atom stereocenters. The summed E-state index contributed by atoms with van der Waals surface area (Å²) in [5, 5.41) is 9.07. The van der Waals surface area contributed by atoms with Gasteiger partial charge in [-0.05, 0) is 24.6 Å². The van der Waals surface area contributed by atoms with Crippen molar-refractivity contribution in [2.45, 2.75) is 33.4 Å². The smallest absolute Gasteiger partial charge is 0.0819 e. The van der Waals surface area contributed by atoms with Crippen LogP contribution in [0.15, 0.2) is 24.4 Å². The first-order chi connectivity index (χ1) is 8.97. The summed E-state index contributed by atoms with van der Waals surface area (Å²) in [6.07, 6.45) is 1.79. The number of halogens is 2. The molecule has 1 heterocycles. The van der Waals surface area contributed by atoms with Crippen molar-refractivity contribution in [3.8, 4) is 5.69 Å². The third-order valence-corrected chi connectivity index (χ3v) is 3.56. The Morgan fingerprint density at radius 1 is 1.26 bits per heavy atom. The minimum absolute atomic E-state index is 0.434. The molecule has 0 spiro atoms. The lowest BCUT2D eigenvalue weighted by molar-refractivity contribution is 0.589. The first-order valence-corrected chi connectivity index (χ1v) is 6.97. The van der Waals surface area contributed by atoms with Crippen molar-refractivity contribution >= 4 is 23.2 Å². The maximum absolute atomic E-state index is 6.30. The van der Waals surface area contributed by atoms with Crippen molar-refractivity contribution in [2.75, 3.05) is 0 Å². The van der Waals surface area contributed by atoms with E-state index in [-0.39, 0.29) is 0 Å². The van der Waals surface area contributed by atoms with Gasteiger partial charge >= 0.3 is 0 Å². The Morgan fingerprint density at radius 3 is 2.53 bits per heavy atom. The Balaban J connectivity index is 2.23. The van der Waals surface area contributed by atoms with Gasteiger partial charge in [0.2, 0.25) is 0 Å². The predicted octanol–water partition coefficient (Wildman–Crippen LogP) is 3.99. The summed E-state index contributed by atoms with van der Waals surface area (Å²) in [7, 11) is 0. The van der Waals surface area contributed by atoms with Crippen molar-refractivity contribution in [1.82, 2.24) is 15.1 Å². The molecule has 0 unspecified atom stereocenters. The van der Waals surface area contributed by atoms with Crippen molar-refractivity contribution in [2.24, 2.45) is 0 Å². The van der Waals surface area contributed by atoms with Crippen LogP contribution < -0.4 is 5.32 Å². The van der Waals surface area contributed by atoms with Crippen molar-refractivity contribution in [1.29, 1.82) is 0 Å². The van der Waals surface area contributed by atoms with Crippen LogP contribution in [0, 0.1) is 6.92 Å². The highest BCUT2D eigenvalue weighted by Crippen LogP contribution is 2.22. The molecule has 102 valence electrons. The van der Waals surface area contributed by atoms with E-state index in [1.807, 2.05) is 25.1 Å². The van der Waals surface area contributed by atoms with Gasteiger partial charge in [0.05, 0.1) is 16.4 Å². The largest absolute Gasteiger partial charge is 0.310 e. The third kappa shape index (κ3) is 3.50. The number of nitrogens with zero attached hydrogens (tertiary/aromatic N) is 2. The lowest BCUT2D eigenvalue weighted by Gasteiger charge is -2.10. The maximum atomic E-state index is 6.30. The zero-order chi connectivity index (χ0) is 14.0. The van der Waals surface area contributed by atoms with Gasteiger partial charge in [-0.25, -0.2) is 4.68 Å². The molecule has 5 heteroatoms. The molecule has 0 aliphatic carbocycles. The molecule has 1 aromatic heterocycles. The summed E-state index contributed by atoms with van der Waals surface area (Å²) in [6, 6.07) is 6.34. The number of nitrogens with one attached hydrogen (secondary N) is 1. The number of hydrogen-bond donors (Lipinski definition) is 1. The number of rotatable bonds is 4. The van der Waals surface area contributed by atoms with E-state index in [1.165, 1.54) is 0 Å². The lowest BCUT2D eigenvalue weighted by atomic mass is 10.2. The van der Waals surface area contributed by atoms with E-state index >= 15 is 0 Å². The Kier molecular flexibility index (Phi) is 4.50. The molecule has 0 fully saturated rings. The van der Waals surface area contributed by atoms with Gasteiger partial charge in [-0.1, -0.05) is 43.1 Å². The zero-order valence-electron chi connectivity index (χ0n) is 11.2. The van der Waals surface area contributed by atoms with Gasteiger partial charge in [0.15, 0.2) is 0 Å². The number of aryl methyl sites for hydroxylation is 1. The Morgan fingerprint density at radius 2 is 2.00 bits per heavy atom. The van der Waals surface area contributed by atoms with Crippen LogP contribution in [-0.2, 0) is 6.54 Å². The van der Waals surface area contributed by atoms with Gasteiger partial charge in [0, 0.05) is 23.8 Å². The molecule has 3 nitrogen and oxygen atoms in total. The van der Waals surface area contributed by atoms with Gasteiger partial charge in [-0.2, -0.15) is 5.10 Å². The van der Waals surface area contributed by atoms with Crippen LogP contribution in [-0.4, -0.2) is 15.8 Å². The normalized spacial score (nSPS) is 11.3. The highest BCUT2D eigenvalue weighted by Gasteiger charge is 2.07. The van der Waals surface area contributed by atoms with Crippen LogP contribution >= 0.6 is 23.2 Å². The lowest BCUT2D eigenvalue weighted by Crippen LogP contribution is -2.22. The maximum Gasteiger partial charge on any atom is 0.0819 e. The highest BCUT2D eigenvalue weighted by molar-refractivity contribution is 6.31. The van der Waals surface area contributed by atoms with Crippen LogP contribution in [0.2, 0.25) is 10.0 Å².